The average Bonchev–Trinajstić information content (AvgIpc) is 3.43. The number of nitrogens with zero attached hydrogens (tertiary/aromatic N) is 3. The van der Waals surface area contributed by atoms with Crippen LogP contribution < -0.4 is 5.32 Å². The summed E-state index contributed by atoms with van der Waals surface area (Å²) in [6.45, 7) is 10.8. The van der Waals surface area contributed by atoms with E-state index in [-0.39, 0.29) is 0 Å². The van der Waals surface area contributed by atoms with Crippen molar-refractivity contribution in [3.05, 3.63) is 30.1 Å². The largest absolute Gasteiger partial charge is 0.379 e. The normalized spacial score (nSPS) is 16.1. The summed E-state index contributed by atoms with van der Waals surface area (Å²) in [4.78, 5) is 11.3. The lowest BCUT2D eigenvalue weighted by atomic mass is 9.89. The van der Waals surface area contributed by atoms with Crippen LogP contribution in [0, 0.1) is 11.8 Å². The third-order valence-electron chi connectivity index (χ3n) is 4.67. The Morgan fingerprint density at radius 2 is 2.24 bits per heavy atom. The van der Waals surface area contributed by atoms with Gasteiger partial charge in [0.25, 0.3) is 0 Å². The van der Waals surface area contributed by atoms with Gasteiger partial charge in [0.2, 0.25) is 0 Å². The third-order valence-corrected chi connectivity index (χ3v) is 4.67. The number of rotatable bonds is 10. The fourth-order valence-electron chi connectivity index (χ4n) is 2.79. The maximum atomic E-state index is 5.76. The van der Waals surface area contributed by atoms with Crippen LogP contribution in [0.2, 0.25) is 0 Å². The number of hydrogen-bond donors (Lipinski definition) is 1. The number of guanidine groups is 1. The van der Waals surface area contributed by atoms with Gasteiger partial charge in [0.05, 0.1) is 6.61 Å². The topological polar surface area (TPSA) is 49.8 Å². The van der Waals surface area contributed by atoms with E-state index < -0.39 is 0 Å². The SMILES string of the molecule is CCNC(=NCC(c1cccnc1)C(C)C)N(C)CCOCC1CC1. The summed E-state index contributed by atoms with van der Waals surface area (Å²) in [5, 5.41) is 3.39. The zero-order valence-corrected chi connectivity index (χ0v) is 16.2. The van der Waals surface area contributed by atoms with Gasteiger partial charge in [-0.15, -0.1) is 0 Å². The van der Waals surface area contributed by atoms with Crippen molar-refractivity contribution in [3.63, 3.8) is 0 Å². The van der Waals surface area contributed by atoms with E-state index in [2.05, 4.69) is 49.1 Å². The van der Waals surface area contributed by atoms with E-state index in [0.717, 1.165) is 44.7 Å². The molecule has 140 valence electrons. The van der Waals surface area contributed by atoms with Gasteiger partial charge in [0.15, 0.2) is 5.96 Å². The molecule has 1 fully saturated rings. The van der Waals surface area contributed by atoms with E-state index in [4.69, 9.17) is 9.73 Å². The van der Waals surface area contributed by atoms with Gasteiger partial charge >= 0.3 is 0 Å². The van der Waals surface area contributed by atoms with Crippen molar-refractivity contribution >= 4 is 5.96 Å². The summed E-state index contributed by atoms with van der Waals surface area (Å²) < 4.78 is 5.76. The molecule has 0 aliphatic heterocycles. The average molecular weight is 347 g/mol. The zero-order chi connectivity index (χ0) is 18.1. The molecule has 0 aromatic carbocycles. The Hall–Kier alpha value is -1.62. The van der Waals surface area contributed by atoms with Crippen molar-refractivity contribution in [2.45, 2.75) is 39.5 Å². The molecule has 0 spiro atoms. The first-order valence-electron chi connectivity index (χ1n) is 9.59. The molecule has 5 nitrogen and oxygen atoms in total. The minimum absolute atomic E-state index is 0.377. The molecule has 1 aromatic rings. The second-order valence-electron chi connectivity index (χ2n) is 7.27. The van der Waals surface area contributed by atoms with E-state index in [0.29, 0.717) is 11.8 Å². The Labute approximate surface area is 152 Å². The van der Waals surface area contributed by atoms with Crippen LogP contribution in [0.5, 0.6) is 0 Å². The quantitative estimate of drug-likeness (QED) is 0.402. The molecule has 5 heteroatoms. The fraction of sp³-hybridized carbons (Fsp3) is 0.700. The molecule has 2 rings (SSSR count). The molecule has 1 aromatic heterocycles. The highest BCUT2D eigenvalue weighted by atomic mass is 16.5. The zero-order valence-electron chi connectivity index (χ0n) is 16.2. The summed E-state index contributed by atoms with van der Waals surface area (Å²) in [6, 6.07) is 4.15. The van der Waals surface area contributed by atoms with Gasteiger partial charge < -0.3 is 15.0 Å². The lowest BCUT2D eigenvalue weighted by Crippen LogP contribution is -2.41. The number of ether oxygens (including phenoxy) is 1. The van der Waals surface area contributed by atoms with Crippen molar-refractivity contribution in [3.8, 4) is 0 Å². The van der Waals surface area contributed by atoms with Crippen LogP contribution in [0.1, 0.15) is 45.1 Å². The molecule has 0 bridgehead atoms. The van der Waals surface area contributed by atoms with Crippen LogP contribution in [0.15, 0.2) is 29.5 Å². The summed E-state index contributed by atoms with van der Waals surface area (Å²) in [6.07, 6.45) is 6.46. The molecular weight excluding hydrogens is 312 g/mol. The minimum Gasteiger partial charge on any atom is -0.379 e. The van der Waals surface area contributed by atoms with Crippen LogP contribution in [0.4, 0.5) is 0 Å². The van der Waals surface area contributed by atoms with Crippen molar-refractivity contribution in [1.82, 2.24) is 15.2 Å². The maximum Gasteiger partial charge on any atom is 0.193 e. The highest BCUT2D eigenvalue weighted by Gasteiger charge is 2.21. The Bertz CT molecular complexity index is 514. The van der Waals surface area contributed by atoms with E-state index in [1.54, 1.807) is 0 Å². The lowest BCUT2D eigenvalue weighted by Gasteiger charge is -2.24. The van der Waals surface area contributed by atoms with Gasteiger partial charge in [-0.1, -0.05) is 19.9 Å². The number of hydrogen-bond acceptors (Lipinski definition) is 3. The molecule has 0 radical (unpaired) electrons. The second-order valence-corrected chi connectivity index (χ2v) is 7.27. The van der Waals surface area contributed by atoms with Crippen molar-refractivity contribution in [2.24, 2.45) is 16.8 Å². The minimum atomic E-state index is 0.377. The first-order valence-corrected chi connectivity index (χ1v) is 9.59. The number of likely N-dealkylation sites (N-methyl/N-ethyl adjacent to an activating group) is 1. The van der Waals surface area contributed by atoms with Crippen LogP contribution >= 0.6 is 0 Å². The summed E-state index contributed by atoms with van der Waals surface area (Å²) >= 11 is 0. The van der Waals surface area contributed by atoms with Crippen molar-refractivity contribution in [2.75, 3.05) is 39.9 Å². The molecule has 1 saturated carbocycles. The van der Waals surface area contributed by atoms with Crippen LogP contribution in [-0.2, 0) is 4.74 Å². The smallest absolute Gasteiger partial charge is 0.193 e. The van der Waals surface area contributed by atoms with E-state index >= 15 is 0 Å². The van der Waals surface area contributed by atoms with Gasteiger partial charge in [-0.05, 0) is 43.2 Å². The Kier molecular flexibility index (Phi) is 8.19. The standard InChI is InChI=1S/C20H34N4O/c1-5-22-20(24(4)11-12-25-15-17-8-9-17)23-14-19(16(2)3)18-7-6-10-21-13-18/h6-7,10,13,16-17,19H,5,8-9,11-12,14-15H2,1-4H3,(H,22,23). The molecule has 1 aliphatic rings. The summed E-state index contributed by atoms with van der Waals surface area (Å²) in [5.41, 5.74) is 1.26. The van der Waals surface area contributed by atoms with Crippen LogP contribution in [0.3, 0.4) is 0 Å². The Morgan fingerprint density at radius 3 is 2.84 bits per heavy atom. The molecule has 1 N–H and O–H groups in total. The molecule has 25 heavy (non-hydrogen) atoms. The third kappa shape index (κ3) is 7.02. The molecule has 1 atom stereocenters. The van der Waals surface area contributed by atoms with Gasteiger partial charge in [0.1, 0.15) is 0 Å². The van der Waals surface area contributed by atoms with Gasteiger partial charge in [-0.2, -0.15) is 0 Å². The predicted molar refractivity (Wildman–Crippen MR) is 104 cm³/mol. The predicted octanol–water partition coefficient (Wildman–Crippen LogP) is 3.15. The number of aliphatic imine (C=N–C) groups is 1. The van der Waals surface area contributed by atoms with Gasteiger partial charge in [-0.3, -0.25) is 9.98 Å². The molecule has 1 heterocycles. The Balaban J connectivity index is 1.91. The van der Waals surface area contributed by atoms with E-state index in [9.17, 15) is 0 Å². The molecule has 1 aliphatic carbocycles. The van der Waals surface area contributed by atoms with E-state index in [1.807, 2.05) is 18.5 Å². The highest BCUT2D eigenvalue weighted by molar-refractivity contribution is 5.79. The Morgan fingerprint density at radius 1 is 1.44 bits per heavy atom. The fourth-order valence-corrected chi connectivity index (χ4v) is 2.79. The molecular formula is C20H34N4O. The van der Waals surface area contributed by atoms with Crippen molar-refractivity contribution in [1.29, 1.82) is 0 Å². The highest BCUT2D eigenvalue weighted by Crippen LogP contribution is 2.28. The molecule has 0 saturated heterocycles. The van der Waals surface area contributed by atoms with Gasteiger partial charge in [-0.25, -0.2) is 0 Å². The van der Waals surface area contributed by atoms with Crippen LogP contribution in [-0.4, -0.2) is 55.7 Å². The lowest BCUT2D eigenvalue weighted by molar-refractivity contribution is 0.115. The summed E-state index contributed by atoms with van der Waals surface area (Å²) in [7, 11) is 2.08. The maximum absolute atomic E-state index is 5.76. The first kappa shape index (κ1) is 19.7. The van der Waals surface area contributed by atoms with E-state index in [1.165, 1.54) is 18.4 Å². The first-order chi connectivity index (χ1) is 12.1. The van der Waals surface area contributed by atoms with Crippen molar-refractivity contribution < 1.29 is 4.74 Å². The molecule has 1 unspecified atom stereocenters. The van der Waals surface area contributed by atoms with Crippen LogP contribution in [0.25, 0.3) is 0 Å². The monoisotopic (exact) mass is 346 g/mol. The van der Waals surface area contributed by atoms with Gasteiger partial charge in [0, 0.05) is 51.6 Å². The number of pyridine rings is 1. The molecule has 0 amide bonds. The number of aromatic nitrogens is 1. The summed E-state index contributed by atoms with van der Waals surface area (Å²) in [5.74, 6) is 2.66. The number of nitrogens with one attached hydrogen (secondary N) is 1. The second kappa shape index (κ2) is 10.4.